The Morgan fingerprint density at radius 3 is 2.33 bits per heavy atom. The summed E-state index contributed by atoms with van der Waals surface area (Å²) in [5.41, 5.74) is 4.38. The van der Waals surface area contributed by atoms with Crippen molar-refractivity contribution < 1.29 is 33.5 Å². The summed E-state index contributed by atoms with van der Waals surface area (Å²) in [5, 5.41) is 12.5. The molecule has 8 rings (SSSR count). The number of aromatic nitrogens is 2. The number of imide groups is 2. The maximum atomic E-state index is 13.3. The van der Waals surface area contributed by atoms with Crippen LogP contribution >= 0.6 is 0 Å². The lowest BCUT2D eigenvalue weighted by Gasteiger charge is -2.36. The summed E-state index contributed by atoms with van der Waals surface area (Å²) in [4.78, 5) is 83.1. The van der Waals surface area contributed by atoms with Gasteiger partial charge in [-0.1, -0.05) is 24.3 Å². The first kappa shape index (κ1) is 36.4. The minimum absolute atomic E-state index is 0.0816. The molecule has 3 aromatic rings. The minimum Gasteiger partial charge on any atom is -0.446 e. The number of aromatic amines is 1. The fraction of sp³-hybridized carbons (Fsp3) is 0.475. The first-order valence-electron chi connectivity index (χ1n) is 19.4. The third-order valence-electron chi connectivity index (χ3n) is 11.5. The highest BCUT2D eigenvalue weighted by molar-refractivity contribution is 6.23. The molecule has 2 aromatic carbocycles. The van der Waals surface area contributed by atoms with E-state index in [0.717, 1.165) is 112 Å². The molecule has 1 unspecified atom stereocenters. The molecular weight excluding hydrogens is 704 g/mol. The van der Waals surface area contributed by atoms with Crippen molar-refractivity contribution in [2.75, 3.05) is 49.5 Å². The Morgan fingerprint density at radius 2 is 1.56 bits per heavy atom. The number of amides is 6. The summed E-state index contributed by atoms with van der Waals surface area (Å²) in [5.74, 6) is -1.50. The molecule has 1 saturated carbocycles. The molecular formula is C40H46N8O7. The molecule has 0 spiro atoms. The van der Waals surface area contributed by atoms with E-state index in [-0.39, 0.29) is 54.4 Å². The van der Waals surface area contributed by atoms with E-state index in [0.29, 0.717) is 5.82 Å². The second-order valence-electron chi connectivity index (χ2n) is 15.3. The van der Waals surface area contributed by atoms with Crippen LogP contribution in [0, 0.1) is 0 Å². The van der Waals surface area contributed by atoms with Crippen molar-refractivity contribution in [3.63, 3.8) is 0 Å². The Kier molecular flexibility index (Phi) is 10.4. The van der Waals surface area contributed by atoms with Crippen LogP contribution in [0.5, 0.6) is 0 Å². The van der Waals surface area contributed by atoms with E-state index in [4.69, 9.17) is 4.74 Å². The normalized spacial score (nSPS) is 23.2. The molecule has 3 atom stereocenters. The smallest absolute Gasteiger partial charge is 0.410 e. The van der Waals surface area contributed by atoms with Crippen LogP contribution in [-0.2, 0) is 32.1 Å². The predicted octanol–water partition coefficient (Wildman–Crippen LogP) is 3.57. The van der Waals surface area contributed by atoms with Gasteiger partial charge in [0.15, 0.2) is 5.82 Å². The Morgan fingerprint density at radius 1 is 0.818 bits per heavy atom. The number of H-pyrrole nitrogens is 1. The van der Waals surface area contributed by atoms with Gasteiger partial charge in [0.25, 0.3) is 11.8 Å². The number of anilines is 2. The van der Waals surface area contributed by atoms with Crippen molar-refractivity contribution in [1.82, 2.24) is 30.2 Å². The first-order valence-corrected chi connectivity index (χ1v) is 19.4. The summed E-state index contributed by atoms with van der Waals surface area (Å²) in [6.45, 7) is 5.37. The van der Waals surface area contributed by atoms with Gasteiger partial charge < -0.3 is 19.9 Å². The van der Waals surface area contributed by atoms with Crippen molar-refractivity contribution in [2.24, 2.45) is 0 Å². The largest absolute Gasteiger partial charge is 0.446 e. The topological polar surface area (TPSA) is 177 Å². The highest BCUT2D eigenvalue weighted by Gasteiger charge is 2.45. The van der Waals surface area contributed by atoms with E-state index in [1.165, 1.54) is 0 Å². The monoisotopic (exact) mass is 750 g/mol. The number of nitrogens with zero attached hydrogens (tertiary/aromatic N) is 5. The Hall–Kier alpha value is -5.57. The number of piperidine rings is 2. The zero-order valence-corrected chi connectivity index (χ0v) is 30.8. The number of fused-ring (bicyclic) bond motifs is 1. The number of carbonyl (C=O) groups excluding carboxylic acids is 6. The van der Waals surface area contributed by atoms with Gasteiger partial charge >= 0.3 is 6.09 Å². The molecule has 6 amide bonds. The summed E-state index contributed by atoms with van der Waals surface area (Å²) < 4.78 is 5.80. The van der Waals surface area contributed by atoms with Gasteiger partial charge in [0.05, 0.1) is 17.5 Å². The average molecular weight is 751 g/mol. The molecule has 288 valence electrons. The van der Waals surface area contributed by atoms with Crippen LogP contribution in [0.2, 0.25) is 0 Å². The Bertz CT molecular complexity index is 1980. The molecule has 15 heteroatoms. The Balaban J connectivity index is 0.776. The van der Waals surface area contributed by atoms with E-state index >= 15 is 0 Å². The number of carbonyl (C=O) groups is 6. The molecule has 0 bridgehead atoms. The quantitative estimate of drug-likeness (QED) is 0.274. The van der Waals surface area contributed by atoms with Gasteiger partial charge in [0.2, 0.25) is 17.7 Å². The van der Waals surface area contributed by atoms with E-state index in [2.05, 4.69) is 30.6 Å². The van der Waals surface area contributed by atoms with E-state index in [9.17, 15) is 28.8 Å². The molecule has 15 nitrogen and oxygen atoms in total. The van der Waals surface area contributed by atoms with Gasteiger partial charge in [-0.05, 0) is 74.3 Å². The molecule has 0 radical (unpaired) electrons. The number of ether oxygens (including phenoxy) is 1. The number of piperazine rings is 1. The third-order valence-corrected chi connectivity index (χ3v) is 11.5. The van der Waals surface area contributed by atoms with Crippen LogP contribution in [0.1, 0.15) is 94.8 Å². The highest BCUT2D eigenvalue weighted by Crippen LogP contribution is 2.36. The van der Waals surface area contributed by atoms with Crippen molar-refractivity contribution in [3.05, 3.63) is 76.5 Å². The summed E-state index contributed by atoms with van der Waals surface area (Å²) >= 11 is 0. The van der Waals surface area contributed by atoms with Gasteiger partial charge in [-0.2, -0.15) is 5.10 Å². The highest BCUT2D eigenvalue weighted by atomic mass is 16.6. The van der Waals surface area contributed by atoms with Crippen LogP contribution in [0.15, 0.2) is 48.5 Å². The van der Waals surface area contributed by atoms with Gasteiger partial charge in [-0.3, -0.25) is 44.2 Å². The third kappa shape index (κ3) is 7.97. The van der Waals surface area contributed by atoms with Gasteiger partial charge in [-0.25, -0.2) is 4.79 Å². The molecule has 1 aliphatic carbocycles. The fourth-order valence-corrected chi connectivity index (χ4v) is 8.45. The van der Waals surface area contributed by atoms with Crippen molar-refractivity contribution in [2.45, 2.75) is 82.4 Å². The van der Waals surface area contributed by atoms with Gasteiger partial charge in [0.1, 0.15) is 12.1 Å². The number of hydrogen-bond donors (Lipinski definition) is 3. The summed E-state index contributed by atoms with van der Waals surface area (Å²) in [6, 6.07) is 14.2. The molecule has 3 saturated heterocycles. The number of likely N-dealkylation sites (tertiary alicyclic amines) is 1. The minimum atomic E-state index is -0.986. The summed E-state index contributed by atoms with van der Waals surface area (Å²) in [6.07, 6.45) is 5.81. The van der Waals surface area contributed by atoms with Crippen LogP contribution < -0.4 is 15.5 Å². The van der Waals surface area contributed by atoms with Crippen LogP contribution in [0.25, 0.3) is 0 Å². The Labute approximate surface area is 318 Å². The zero-order valence-electron chi connectivity index (χ0n) is 30.8. The van der Waals surface area contributed by atoms with Crippen LogP contribution in [-0.4, -0.2) is 112 Å². The maximum absolute atomic E-state index is 13.3. The molecule has 3 N–H and O–H groups in total. The van der Waals surface area contributed by atoms with Crippen molar-refractivity contribution >= 4 is 47.1 Å². The summed E-state index contributed by atoms with van der Waals surface area (Å²) in [7, 11) is 0. The number of hydrogen-bond acceptors (Lipinski definition) is 10. The van der Waals surface area contributed by atoms with E-state index < -0.39 is 29.7 Å². The van der Waals surface area contributed by atoms with Crippen LogP contribution in [0.4, 0.5) is 16.3 Å². The fourth-order valence-electron chi connectivity index (χ4n) is 8.45. The van der Waals surface area contributed by atoms with Crippen molar-refractivity contribution in [3.8, 4) is 0 Å². The maximum Gasteiger partial charge on any atom is 0.410 e. The number of nitrogens with one attached hydrogen (secondary N) is 3. The van der Waals surface area contributed by atoms with Gasteiger partial charge in [-0.15, -0.1) is 0 Å². The number of benzene rings is 2. The first-order chi connectivity index (χ1) is 26.7. The molecule has 5 aliphatic rings. The number of rotatable bonds is 9. The van der Waals surface area contributed by atoms with Crippen molar-refractivity contribution in [1.29, 1.82) is 0 Å². The molecule has 4 fully saturated rings. The molecule has 4 aliphatic heterocycles. The van der Waals surface area contributed by atoms with E-state index in [1.807, 2.05) is 41.3 Å². The molecule has 5 heterocycles. The van der Waals surface area contributed by atoms with Crippen LogP contribution in [0.3, 0.4) is 0 Å². The SMILES string of the molecule is O=C1CCC(N2C(=O)c3ccc(N4CCN(Cc5ccc(CC(=O)Nc6cc([C@H]7CC[C@@H](OC(=O)N8CCCCC8)C7)[nH]n6)cc5)CC4)cc3C2=O)C(=O)N1. The lowest BCUT2D eigenvalue weighted by molar-refractivity contribution is -0.136. The lowest BCUT2D eigenvalue weighted by Crippen LogP contribution is -2.54. The van der Waals surface area contributed by atoms with E-state index in [1.54, 1.807) is 12.1 Å². The lowest BCUT2D eigenvalue weighted by atomic mass is 10.0. The second kappa shape index (κ2) is 15.7. The molecule has 55 heavy (non-hydrogen) atoms. The molecule has 1 aromatic heterocycles. The zero-order chi connectivity index (χ0) is 38.1. The van der Waals surface area contributed by atoms with Gasteiger partial charge in [0, 0.05) is 75.6 Å². The average Bonchev–Trinajstić information content (AvgIpc) is 3.91. The predicted molar refractivity (Wildman–Crippen MR) is 200 cm³/mol. The second-order valence-corrected chi connectivity index (χ2v) is 15.3. The standard InChI is InChI=1S/C40H46N8O7/c49-35-13-12-33(37(51)42-35)48-38(52)30-11-9-28(22-31(30)39(48)53)46-18-16-45(17-19-46)24-26-6-4-25(5-7-26)20-36(50)41-34-23-32(43-44-34)27-8-10-29(21-27)55-40(54)47-14-2-1-3-15-47/h4-7,9,11,22-23,27,29,33H,1-3,8,10,12-21,24H2,(H,42,49,51)(H2,41,43,44,50)/t27-,29+,33?/m0/s1.